The van der Waals surface area contributed by atoms with Gasteiger partial charge in [-0.2, -0.15) is 0 Å². The van der Waals surface area contributed by atoms with Gasteiger partial charge in [-0.25, -0.2) is 4.57 Å². The van der Waals surface area contributed by atoms with E-state index in [1.54, 1.807) is 0 Å². The number of rotatable bonds is 3. The third-order valence-electron chi connectivity index (χ3n) is 9.29. The molecule has 0 aliphatic rings. The van der Waals surface area contributed by atoms with Crippen molar-refractivity contribution >= 4 is 73.0 Å². The van der Waals surface area contributed by atoms with E-state index in [4.69, 9.17) is 0 Å². The SMILES string of the molecule is [2H]c1c([2H])[n+](C)c2c3c(C)c4cc(CC(C)(C)C)ccc4c(CC(C)(C)C)c3n3c4ccccc4c4c([Si](C)(C)C)cc1c2c43. The van der Waals surface area contributed by atoms with Crippen molar-refractivity contribution in [3.05, 3.63) is 77.4 Å². The first-order valence-electron chi connectivity index (χ1n) is 16.9. The quantitative estimate of drug-likeness (QED) is 0.0844. The minimum absolute atomic E-state index is 0.0612. The number of para-hydroxylation sites is 1. The topological polar surface area (TPSA) is 8.29 Å². The molecule has 0 aliphatic heterocycles. The predicted molar refractivity (Wildman–Crippen MR) is 191 cm³/mol. The van der Waals surface area contributed by atoms with Crippen LogP contribution in [0.5, 0.6) is 0 Å². The van der Waals surface area contributed by atoms with Crippen LogP contribution in [0, 0.1) is 17.8 Å². The fourth-order valence-corrected chi connectivity index (χ4v) is 9.29. The molecule has 220 valence electrons. The lowest BCUT2D eigenvalue weighted by Crippen LogP contribution is -2.38. The Balaban J connectivity index is 1.89. The average Bonchev–Trinajstić information content (AvgIpc) is 3.27. The standard InChI is InChI=1S/C40H47N2Si/c1-24-29-20-25(22-39(2,3)4)16-17-27(29)30(23-40(5,6)7)36-33(24)37-34-26(18-19-41(37)8)21-32(43(9,10)11)35-28-14-12-13-15-31(28)42(36)38(34)35/h12-21H,22-23H2,1-11H3/q+1/i18D,19D. The second-order valence-electron chi connectivity index (χ2n) is 16.5. The van der Waals surface area contributed by atoms with Gasteiger partial charge >= 0.3 is 0 Å². The van der Waals surface area contributed by atoms with Gasteiger partial charge in [0.15, 0.2) is 6.17 Å². The molecule has 3 heteroatoms. The van der Waals surface area contributed by atoms with Crippen LogP contribution in [0.3, 0.4) is 0 Å². The number of hydrogen-bond donors (Lipinski definition) is 0. The van der Waals surface area contributed by atoms with Crippen LogP contribution < -0.4 is 9.75 Å². The zero-order chi connectivity index (χ0) is 32.5. The summed E-state index contributed by atoms with van der Waals surface area (Å²) in [4.78, 5) is 0. The summed E-state index contributed by atoms with van der Waals surface area (Å²) in [5.74, 6) is 0. The highest BCUT2D eigenvalue weighted by Gasteiger charge is 2.32. The number of aromatic nitrogens is 2. The molecule has 0 saturated heterocycles. The van der Waals surface area contributed by atoms with Gasteiger partial charge in [0.1, 0.15) is 8.42 Å². The monoisotopic (exact) mass is 585 g/mol. The van der Waals surface area contributed by atoms with Crippen LogP contribution in [0.25, 0.3) is 59.8 Å². The fraction of sp³-hybridized carbons (Fsp3) is 0.375. The van der Waals surface area contributed by atoms with Gasteiger partial charge in [-0.3, -0.25) is 0 Å². The van der Waals surface area contributed by atoms with Crippen LogP contribution in [0.15, 0.2) is 60.7 Å². The Bertz CT molecular complexity index is 2360. The van der Waals surface area contributed by atoms with Gasteiger partial charge in [0, 0.05) is 16.8 Å². The van der Waals surface area contributed by atoms with Crippen molar-refractivity contribution in [1.82, 2.24) is 4.40 Å². The predicted octanol–water partition coefficient (Wildman–Crippen LogP) is 10.00. The summed E-state index contributed by atoms with van der Waals surface area (Å²) in [5, 5.41) is 9.87. The summed E-state index contributed by atoms with van der Waals surface area (Å²) < 4.78 is 23.1. The Hall–Kier alpha value is -3.43. The normalized spacial score (nSPS) is 14.3. The molecule has 7 aromatic rings. The molecule has 4 aromatic carbocycles. The average molecular weight is 586 g/mol. The van der Waals surface area contributed by atoms with Gasteiger partial charge in [-0.15, -0.1) is 0 Å². The lowest BCUT2D eigenvalue weighted by atomic mass is 9.81. The van der Waals surface area contributed by atoms with E-state index < -0.39 is 8.07 Å². The van der Waals surface area contributed by atoms with E-state index in [1.165, 1.54) is 65.4 Å². The second-order valence-corrected chi connectivity index (χ2v) is 21.5. The molecule has 2 nitrogen and oxygen atoms in total. The van der Waals surface area contributed by atoms with E-state index in [0.717, 1.165) is 29.1 Å². The van der Waals surface area contributed by atoms with Crippen molar-refractivity contribution in [2.24, 2.45) is 17.9 Å². The van der Waals surface area contributed by atoms with Crippen molar-refractivity contribution < 1.29 is 7.31 Å². The summed E-state index contributed by atoms with van der Waals surface area (Å²) in [5.41, 5.74) is 9.04. The van der Waals surface area contributed by atoms with Crippen LogP contribution in [0.2, 0.25) is 19.6 Å². The number of pyridine rings is 2. The molecule has 0 unspecified atom stereocenters. The highest BCUT2D eigenvalue weighted by atomic mass is 28.3. The van der Waals surface area contributed by atoms with Crippen molar-refractivity contribution in [3.63, 3.8) is 0 Å². The largest absolute Gasteiger partial charge is 0.307 e. The van der Waals surface area contributed by atoms with E-state index >= 15 is 0 Å². The maximum Gasteiger partial charge on any atom is 0.224 e. The highest BCUT2D eigenvalue weighted by Crippen LogP contribution is 2.45. The van der Waals surface area contributed by atoms with Gasteiger partial charge in [-0.05, 0) is 74.7 Å². The van der Waals surface area contributed by atoms with E-state index in [0.29, 0.717) is 6.04 Å². The molecular weight excluding hydrogens is 537 g/mol. The molecule has 0 aliphatic carbocycles. The minimum Gasteiger partial charge on any atom is -0.307 e. The third kappa shape index (κ3) is 4.30. The van der Waals surface area contributed by atoms with Gasteiger partial charge in [0.25, 0.3) is 0 Å². The molecule has 43 heavy (non-hydrogen) atoms. The summed E-state index contributed by atoms with van der Waals surface area (Å²) >= 11 is 0. The van der Waals surface area contributed by atoms with Crippen molar-refractivity contribution in [3.8, 4) is 0 Å². The molecule has 0 amide bonds. The minimum atomic E-state index is -1.85. The second kappa shape index (κ2) is 9.05. The molecule has 0 N–H and O–H groups in total. The smallest absolute Gasteiger partial charge is 0.224 e. The molecule has 3 heterocycles. The van der Waals surface area contributed by atoms with Crippen molar-refractivity contribution in [2.75, 3.05) is 0 Å². The van der Waals surface area contributed by atoms with Crippen LogP contribution >= 0.6 is 0 Å². The maximum absolute atomic E-state index is 9.27. The summed E-state index contributed by atoms with van der Waals surface area (Å²) in [6, 6.07) is 18.7. The van der Waals surface area contributed by atoms with E-state index in [-0.39, 0.29) is 17.0 Å². The van der Waals surface area contributed by atoms with Gasteiger partial charge in [0.2, 0.25) is 5.52 Å². The van der Waals surface area contributed by atoms with Crippen LogP contribution in [-0.4, -0.2) is 12.5 Å². The van der Waals surface area contributed by atoms with Crippen LogP contribution in [-0.2, 0) is 19.9 Å². The Morgan fingerprint density at radius 3 is 2.16 bits per heavy atom. The summed E-state index contributed by atoms with van der Waals surface area (Å²) in [6.07, 6.45) is 2.22. The molecule has 7 rings (SSSR count). The Morgan fingerprint density at radius 2 is 1.49 bits per heavy atom. The van der Waals surface area contributed by atoms with Gasteiger partial charge < -0.3 is 4.40 Å². The lowest BCUT2D eigenvalue weighted by molar-refractivity contribution is -0.643. The lowest BCUT2D eigenvalue weighted by Gasteiger charge is -2.25. The Morgan fingerprint density at radius 1 is 0.791 bits per heavy atom. The highest BCUT2D eigenvalue weighted by molar-refractivity contribution is 6.91. The molecule has 3 aromatic heterocycles. The zero-order valence-electron chi connectivity index (χ0n) is 29.9. The number of nitrogens with zero attached hydrogens (tertiary/aromatic N) is 2. The first kappa shape index (κ1) is 26.0. The molecule has 0 spiro atoms. The van der Waals surface area contributed by atoms with Crippen LogP contribution in [0.1, 0.15) is 61.0 Å². The Kier molecular flexibility index (Phi) is 5.47. The van der Waals surface area contributed by atoms with E-state index in [1.807, 2.05) is 11.6 Å². The Labute approximate surface area is 260 Å². The maximum atomic E-state index is 9.27. The number of hydrogen-bond acceptors (Lipinski definition) is 0. The number of fused-ring (bicyclic) bond motifs is 7. The van der Waals surface area contributed by atoms with E-state index in [2.05, 4.69) is 121 Å². The molecule has 0 atom stereocenters. The summed E-state index contributed by atoms with van der Waals surface area (Å²) in [6.45, 7) is 23.5. The molecule has 0 bridgehead atoms. The first-order valence-corrected chi connectivity index (χ1v) is 19.4. The van der Waals surface area contributed by atoms with Gasteiger partial charge in [-0.1, -0.05) is 104 Å². The zero-order valence-corrected chi connectivity index (χ0v) is 28.9. The molecule has 0 fully saturated rings. The third-order valence-corrected chi connectivity index (χ3v) is 11.3. The number of benzene rings is 4. The van der Waals surface area contributed by atoms with Gasteiger partial charge in [0.05, 0.1) is 36.8 Å². The first-order chi connectivity index (χ1) is 20.9. The molecule has 0 radical (unpaired) electrons. The fourth-order valence-electron chi connectivity index (χ4n) is 7.71. The molecular formula is C40H47N2Si+. The van der Waals surface area contributed by atoms with E-state index in [9.17, 15) is 2.74 Å². The van der Waals surface area contributed by atoms with Crippen molar-refractivity contribution in [2.45, 2.75) is 80.9 Å². The summed E-state index contributed by atoms with van der Waals surface area (Å²) in [7, 11) is 0.144. The van der Waals surface area contributed by atoms with Crippen LogP contribution in [0.4, 0.5) is 0 Å². The molecule has 0 saturated carbocycles. The van der Waals surface area contributed by atoms with Crippen molar-refractivity contribution in [1.29, 1.82) is 0 Å². The number of aryl methyl sites for hydroxylation is 2.